The number of hydrogen-bond acceptors (Lipinski definition) is 5. The van der Waals surface area contributed by atoms with Gasteiger partial charge in [-0.3, -0.25) is 14.7 Å². The van der Waals surface area contributed by atoms with Crippen LogP contribution in [0.3, 0.4) is 0 Å². The minimum atomic E-state index is -0.500. The number of nitrogens with one attached hydrogen (secondary N) is 1. The Morgan fingerprint density at radius 3 is 2.74 bits per heavy atom. The fraction of sp³-hybridized carbons (Fsp3) is 0.526. The Morgan fingerprint density at radius 1 is 1.41 bits per heavy atom. The summed E-state index contributed by atoms with van der Waals surface area (Å²) in [7, 11) is 1.79. The molecule has 2 aliphatic rings. The number of nitrogens with two attached hydrogens (primary N) is 1. The Morgan fingerprint density at radius 2 is 2.15 bits per heavy atom. The normalized spacial score (nSPS) is 27.7. The number of pyridine rings is 1. The van der Waals surface area contributed by atoms with Gasteiger partial charge in [0.1, 0.15) is 11.3 Å². The molecule has 3 atom stereocenters. The van der Waals surface area contributed by atoms with Crippen LogP contribution in [0, 0.1) is 11.8 Å². The molecular formula is C19H26ClN5O2. The van der Waals surface area contributed by atoms with Crippen LogP contribution in [0.4, 0.5) is 0 Å². The van der Waals surface area contributed by atoms with Gasteiger partial charge in [0.2, 0.25) is 0 Å². The number of fused-ring (bicyclic) bond motifs is 2. The van der Waals surface area contributed by atoms with Gasteiger partial charge in [0, 0.05) is 56.7 Å². The number of H-pyrrole nitrogens is 1. The molecule has 2 aromatic heterocycles. The molecule has 3 heterocycles. The molecule has 2 aromatic rings. The fourth-order valence-electron chi connectivity index (χ4n) is 5.00. The number of likely N-dealkylation sites (tertiary alicyclic amines) is 1. The number of aromatic nitrogens is 3. The van der Waals surface area contributed by atoms with Gasteiger partial charge in [-0.2, -0.15) is 0 Å². The number of piperidine rings is 1. The number of ether oxygens (including phenoxy) is 1. The molecule has 8 heteroatoms. The molecule has 2 bridgehead atoms. The molecular weight excluding hydrogens is 366 g/mol. The molecule has 27 heavy (non-hydrogen) atoms. The molecule has 1 unspecified atom stereocenters. The summed E-state index contributed by atoms with van der Waals surface area (Å²) in [5.41, 5.74) is 7.53. The summed E-state index contributed by atoms with van der Waals surface area (Å²) in [5, 5.41) is 0. The maximum atomic E-state index is 11.6. The Labute approximate surface area is 165 Å². The van der Waals surface area contributed by atoms with Crippen molar-refractivity contribution in [2.24, 2.45) is 17.6 Å². The van der Waals surface area contributed by atoms with Crippen LogP contribution in [0.5, 0.6) is 0 Å². The van der Waals surface area contributed by atoms with Gasteiger partial charge in [0.05, 0.1) is 6.33 Å². The summed E-state index contributed by atoms with van der Waals surface area (Å²) in [6.07, 6.45) is 8.71. The first kappa shape index (κ1) is 19.8. The molecule has 4 rings (SSSR count). The average Bonchev–Trinajstić information content (AvgIpc) is 3.14. The summed E-state index contributed by atoms with van der Waals surface area (Å²) >= 11 is 0. The number of rotatable bonds is 5. The van der Waals surface area contributed by atoms with Crippen LogP contribution in [0.15, 0.2) is 30.9 Å². The first-order chi connectivity index (χ1) is 12.6. The molecule has 0 spiro atoms. The second kappa shape index (κ2) is 7.96. The third-order valence-corrected chi connectivity index (χ3v) is 6.03. The van der Waals surface area contributed by atoms with Crippen molar-refractivity contribution in [3.63, 3.8) is 0 Å². The minimum Gasteiger partial charge on any atom is -0.373 e. The first-order valence-corrected chi connectivity index (χ1v) is 9.14. The van der Waals surface area contributed by atoms with Crippen LogP contribution in [-0.4, -0.2) is 46.0 Å². The van der Waals surface area contributed by atoms with Crippen LogP contribution >= 0.6 is 12.4 Å². The second-order valence-electron chi connectivity index (χ2n) is 7.39. The Bertz CT molecular complexity index is 768. The van der Waals surface area contributed by atoms with E-state index >= 15 is 0 Å². The number of carbonyl (C=O) groups excluding carboxylic acids is 1. The number of hydrogen-bond donors (Lipinski definition) is 2. The lowest BCUT2D eigenvalue weighted by Crippen LogP contribution is -2.58. The molecule has 1 amide bonds. The van der Waals surface area contributed by atoms with Crippen LogP contribution in [-0.2, 0) is 16.9 Å². The number of primary amides is 1. The van der Waals surface area contributed by atoms with Crippen LogP contribution in [0.1, 0.15) is 41.0 Å². The highest BCUT2D eigenvalue weighted by atomic mass is 35.5. The maximum absolute atomic E-state index is 11.6. The third kappa shape index (κ3) is 3.47. The molecule has 3 N–H and O–H groups in total. The summed E-state index contributed by atoms with van der Waals surface area (Å²) in [6, 6.07) is 3.80. The lowest BCUT2D eigenvalue weighted by atomic mass is 9.62. The van der Waals surface area contributed by atoms with E-state index in [0.29, 0.717) is 17.5 Å². The summed E-state index contributed by atoms with van der Waals surface area (Å²) in [6.45, 7) is 2.78. The van der Waals surface area contributed by atoms with E-state index in [0.717, 1.165) is 43.7 Å². The lowest BCUT2D eigenvalue weighted by molar-refractivity contribution is -0.170. The van der Waals surface area contributed by atoms with E-state index in [2.05, 4.69) is 19.9 Å². The molecule has 0 radical (unpaired) electrons. The summed E-state index contributed by atoms with van der Waals surface area (Å²) in [5.74, 6) is 0.233. The predicted molar refractivity (Wildman–Crippen MR) is 103 cm³/mol. The van der Waals surface area contributed by atoms with E-state index in [1.807, 2.05) is 18.3 Å². The monoisotopic (exact) mass is 391 g/mol. The maximum Gasteiger partial charge on any atom is 0.267 e. The molecule has 1 saturated heterocycles. The average molecular weight is 392 g/mol. The van der Waals surface area contributed by atoms with Crippen LogP contribution in [0.2, 0.25) is 0 Å². The van der Waals surface area contributed by atoms with Gasteiger partial charge in [-0.1, -0.05) is 6.42 Å². The Kier molecular flexibility index (Phi) is 5.83. The van der Waals surface area contributed by atoms with Crippen LogP contribution in [0.25, 0.3) is 0 Å². The topological polar surface area (TPSA) is 97.1 Å². The van der Waals surface area contributed by atoms with Gasteiger partial charge in [-0.15, -0.1) is 12.4 Å². The quantitative estimate of drug-likeness (QED) is 0.813. The molecule has 146 valence electrons. The van der Waals surface area contributed by atoms with Gasteiger partial charge >= 0.3 is 0 Å². The smallest absolute Gasteiger partial charge is 0.267 e. The molecule has 1 saturated carbocycles. The van der Waals surface area contributed by atoms with Gasteiger partial charge in [0.25, 0.3) is 5.91 Å². The van der Waals surface area contributed by atoms with Crippen molar-refractivity contribution in [3.05, 3.63) is 47.8 Å². The predicted octanol–water partition coefficient (Wildman–Crippen LogP) is 2.10. The lowest BCUT2D eigenvalue weighted by Gasteiger charge is -2.55. The van der Waals surface area contributed by atoms with Crippen molar-refractivity contribution in [1.29, 1.82) is 0 Å². The number of amides is 1. The number of imidazole rings is 1. The highest BCUT2D eigenvalue weighted by Crippen LogP contribution is 2.51. The zero-order valence-electron chi connectivity index (χ0n) is 15.4. The van der Waals surface area contributed by atoms with Crippen LogP contribution < -0.4 is 5.73 Å². The van der Waals surface area contributed by atoms with E-state index in [4.69, 9.17) is 10.5 Å². The molecule has 1 aliphatic carbocycles. The van der Waals surface area contributed by atoms with Gasteiger partial charge < -0.3 is 15.5 Å². The van der Waals surface area contributed by atoms with Crippen molar-refractivity contribution in [2.75, 3.05) is 20.2 Å². The Balaban J connectivity index is 0.00000210. The molecule has 7 nitrogen and oxygen atoms in total. The van der Waals surface area contributed by atoms with Gasteiger partial charge in [0.15, 0.2) is 0 Å². The van der Waals surface area contributed by atoms with E-state index in [1.165, 1.54) is 6.42 Å². The molecule has 0 aromatic carbocycles. The zero-order valence-corrected chi connectivity index (χ0v) is 16.2. The van der Waals surface area contributed by atoms with Crippen molar-refractivity contribution < 1.29 is 9.53 Å². The number of halogens is 1. The van der Waals surface area contributed by atoms with Gasteiger partial charge in [-0.05, 0) is 30.5 Å². The van der Waals surface area contributed by atoms with Crippen molar-refractivity contribution in [2.45, 2.75) is 31.4 Å². The second-order valence-corrected chi connectivity index (χ2v) is 7.39. The van der Waals surface area contributed by atoms with E-state index < -0.39 is 5.91 Å². The van der Waals surface area contributed by atoms with E-state index in [-0.39, 0.29) is 18.0 Å². The standard InChI is InChI=1S/C19H25N5O2.ClH/c1-26-19(13-5-6-22-17(7-13)18(20)25)14-3-2-4-15(19)10-24(9-14)11-16-8-21-12-23-16;/h5-8,12,14-15H,2-4,9-11H2,1H3,(H2,20,25)(H,21,23);1H/t14-,15+,19?;. The van der Waals surface area contributed by atoms with E-state index in [9.17, 15) is 4.79 Å². The first-order valence-electron chi connectivity index (χ1n) is 9.14. The van der Waals surface area contributed by atoms with Crippen molar-refractivity contribution in [3.8, 4) is 0 Å². The number of carbonyl (C=O) groups is 1. The molecule has 2 fully saturated rings. The largest absolute Gasteiger partial charge is 0.373 e. The minimum absolute atomic E-state index is 0. The molecule has 1 aliphatic heterocycles. The van der Waals surface area contributed by atoms with E-state index in [1.54, 1.807) is 19.6 Å². The zero-order chi connectivity index (χ0) is 18.1. The highest BCUT2D eigenvalue weighted by molar-refractivity contribution is 5.90. The highest BCUT2D eigenvalue weighted by Gasteiger charge is 2.53. The van der Waals surface area contributed by atoms with Crippen molar-refractivity contribution in [1.82, 2.24) is 19.9 Å². The van der Waals surface area contributed by atoms with Gasteiger partial charge in [-0.25, -0.2) is 4.98 Å². The fourth-order valence-corrected chi connectivity index (χ4v) is 5.00. The summed E-state index contributed by atoms with van der Waals surface area (Å²) < 4.78 is 6.22. The number of nitrogens with zero attached hydrogens (tertiary/aromatic N) is 3. The Hall–Kier alpha value is -1.96. The SMILES string of the molecule is COC1(c2ccnc(C(N)=O)c2)[C@@H]2CCC[C@H]1CN(Cc1cnc[nH]1)C2.Cl. The number of methoxy groups -OCH3 is 1. The van der Waals surface area contributed by atoms with Crippen molar-refractivity contribution >= 4 is 18.3 Å². The summed E-state index contributed by atoms with van der Waals surface area (Å²) in [4.78, 5) is 25.5. The number of aromatic amines is 1. The third-order valence-electron chi connectivity index (χ3n) is 6.03.